The van der Waals surface area contributed by atoms with Crippen molar-refractivity contribution in [3.63, 3.8) is 0 Å². The molecule has 1 fully saturated rings. The molecule has 0 bridgehead atoms. The summed E-state index contributed by atoms with van der Waals surface area (Å²) in [6.07, 6.45) is 0. The van der Waals surface area contributed by atoms with Crippen LogP contribution >= 0.6 is 15.9 Å². The third-order valence-electron chi connectivity index (χ3n) is 2.98. The molecule has 1 heterocycles. The number of rotatable bonds is 3. The quantitative estimate of drug-likeness (QED) is 0.873. The van der Waals surface area contributed by atoms with Gasteiger partial charge in [0, 0.05) is 4.47 Å². The molecule has 3 N–H and O–H groups in total. The van der Waals surface area contributed by atoms with Gasteiger partial charge in [-0.25, -0.2) is 0 Å². The first-order valence-electron chi connectivity index (χ1n) is 4.88. The van der Waals surface area contributed by atoms with Crippen LogP contribution in [0.2, 0.25) is 0 Å². The predicted octanol–water partition coefficient (Wildman–Crippen LogP) is 1.13. The summed E-state index contributed by atoms with van der Waals surface area (Å²) >= 11 is 3.36. The SMILES string of the molecule is NC(C(=O)O)C1(c2cccc(Br)c2)COC1. The molecule has 1 saturated heterocycles. The van der Waals surface area contributed by atoms with Crippen molar-refractivity contribution in [1.82, 2.24) is 0 Å². The van der Waals surface area contributed by atoms with E-state index in [0.29, 0.717) is 13.2 Å². The van der Waals surface area contributed by atoms with Crippen molar-refractivity contribution in [1.29, 1.82) is 0 Å². The molecule has 0 aromatic heterocycles. The molecule has 1 atom stereocenters. The predicted molar refractivity (Wildman–Crippen MR) is 62.3 cm³/mol. The number of carbonyl (C=O) groups is 1. The maximum atomic E-state index is 11.0. The first-order chi connectivity index (χ1) is 7.56. The molecule has 0 amide bonds. The molecule has 1 aromatic rings. The molecule has 86 valence electrons. The zero-order valence-corrected chi connectivity index (χ0v) is 10.1. The molecule has 0 saturated carbocycles. The average molecular weight is 286 g/mol. The standard InChI is InChI=1S/C11H12BrNO3/c12-8-3-1-2-7(4-8)11(5-16-6-11)9(13)10(14)15/h1-4,9H,5-6,13H2,(H,14,15). The second kappa shape index (κ2) is 4.16. The summed E-state index contributed by atoms with van der Waals surface area (Å²) in [6, 6.07) is 6.61. The van der Waals surface area contributed by atoms with E-state index in [1.54, 1.807) is 0 Å². The number of aliphatic carboxylic acids is 1. The number of halogens is 1. The number of hydrogen-bond donors (Lipinski definition) is 2. The van der Waals surface area contributed by atoms with Crippen LogP contribution in [0.25, 0.3) is 0 Å². The molecular formula is C11H12BrNO3. The van der Waals surface area contributed by atoms with Crippen LogP contribution in [0, 0.1) is 0 Å². The van der Waals surface area contributed by atoms with Gasteiger partial charge in [-0.05, 0) is 17.7 Å². The smallest absolute Gasteiger partial charge is 0.321 e. The Bertz CT molecular complexity index is 417. The van der Waals surface area contributed by atoms with Crippen LogP contribution in [0.1, 0.15) is 5.56 Å². The second-order valence-electron chi connectivity index (χ2n) is 3.98. The van der Waals surface area contributed by atoms with E-state index in [4.69, 9.17) is 15.6 Å². The Hall–Kier alpha value is -0.910. The lowest BCUT2D eigenvalue weighted by Crippen LogP contribution is -2.61. The van der Waals surface area contributed by atoms with Crippen molar-refractivity contribution < 1.29 is 14.6 Å². The molecule has 2 rings (SSSR count). The van der Waals surface area contributed by atoms with Crippen molar-refractivity contribution in [3.8, 4) is 0 Å². The molecular weight excluding hydrogens is 274 g/mol. The Kier molecular flexibility index (Phi) is 3.01. The average Bonchev–Trinajstić information content (AvgIpc) is 2.15. The van der Waals surface area contributed by atoms with Gasteiger partial charge >= 0.3 is 5.97 Å². The molecule has 0 radical (unpaired) electrons. The van der Waals surface area contributed by atoms with Crippen molar-refractivity contribution >= 4 is 21.9 Å². The highest BCUT2D eigenvalue weighted by atomic mass is 79.9. The summed E-state index contributed by atoms with van der Waals surface area (Å²) in [7, 11) is 0. The van der Waals surface area contributed by atoms with Crippen LogP contribution < -0.4 is 5.73 Å². The van der Waals surface area contributed by atoms with Gasteiger partial charge < -0.3 is 15.6 Å². The maximum absolute atomic E-state index is 11.0. The van der Waals surface area contributed by atoms with E-state index >= 15 is 0 Å². The zero-order chi connectivity index (χ0) is 11.8. The van der Waals surface area contributed by atoms with Gasteiger partial charge in [0.2, 0.25) is 0 Å². The highest BCUT2D eigenvalue weighted by Gasteiger charge is 2.49. The van der Waals surface area contributed by atoms with Crippen LogP contribution in [0.15, 0.2) is 28.7 Å². The van der Waals surface area contributed by atoms with E-state index < -0.39 is 17.4 Å². The van der Waals surface area contributed by atoms with Crippen molar-refractivity contribution in [2.75, 3.05) is 13.2 Å². The molecule has 1 aromatic carbocycles. The summed E-state index contributed by atoms with van der Waals surface area (Å²) in [5.74, 6) is -0.997. The molecule has 0 spiro atoms. The number of carboxylic acid groups (broad SMARTS) is 1. The molecule has 16 heavy (non-hydrogen) atoms. The van der Waals surface area contributed by atoms with Crippen molar-refractivity contribution in [2.24, 2.45) is 5.73 Å². The van der Waals surface area contributed by atoms with Crippen LogP contribution in [0.5, 0.6) is 0 Å². The first-order valence-corrected chi connectivity index (χ1v) is 5.68. The van der Waals surface area contributed by atoms with Gasteiger partial charge in [-0.2, -0.15) is 0 Å². The van der Waals surface area contributed by atoms with Gasteiger partial charge in [-0.1, -0.05) is 28.1 Å². The minimum Gasteiger partial charge on any atom is -0.480 e. The largest absolute Gasteiger partial charge is 0.480 e. The summed E-state index contributed by atoms with van der Waals surface area (Å²) in [6.45, 7) is 0.716. The molecule has 4 nitrogen and oxygen atoms in total. The van der Waals surface area contributed by atoms with E-state index in [9.17, 15) is 4.79 Å². The van der Waals surface area contributed by atoms with Crippen LogP contribution in [0.4, 0.5) is 0 Å². The minimum absolute atomic E-state index is 0.358. The van der Waals surface area contributed by atoms with Gasteiger partial charge in [-0.15, -0.1) is 0 Å². The maximum Gasteiger partial charge on any atom is 0.321 e. The zero-order valence-electron chi connectivity index (χ0n) is 8.52. The third-order valence-corrected chi connectivity index (χ3v) is 3.47. The fourth-order valence-corrected chi connectivity index (χ4v) is 2.28. The van der Waals surface area contributed by atoms with Crippen LogP contribution in [-0.4, -0.2) is 30.3 Å². The molecule has 0 aliphatic carbocycles. The van der Waals surface area contributed by atoms with Gasteiger partial charge in [0.1, 0.15) is 6.04 Å². The minimum atomic E-state index is -0.997. The summed E-state index contributed by atoms with van der Waals surface area (Å²) in [4.78, 5) is 11.0. The van der Waals surface area contributed by atoms with Crippen molar-refractivity contribution in [2.45, 2.75) is 11.5 Å². The van der Waals surface area contributed by atoms with E-state index in [2.05, 4.69) is 15.9 Å². The van der Waals surface area contributed by atoms with Crippen molar-refractivity contribution in [3.05, 3.63) is 34.3 Å². The molecule has 1 aliphatic heterocycles. The van der Waals surface area contributed by atoms with Gasteiger partial charge in [0.25, 0.3) is 0 Å². The van der Waals surface area contributed by atoms with Gasteiger partial charge in [-0.3, -0.25) is 4.79 Å². The molecule has 5 heteroatoms. The Morgan fingerprint density at radius 2 is 2.25 bits per heavy atom. The van der Waals surface area contributed by atoms with Gasteiger partial charge in [0.15, 0.2) is 0 Å². The Labute approximate surface area is 102 Å². The first kappa shape index (κ1) is 11.6. The van der Waals surface area contributed by atoms with Crippen LogP contribution in [0.3, 0.4) is 0 Å². The summed E-state index contributed by atoms with van der Waals surface area (Å²) < 4.78 is 6.06. The highest BCUT2D eigenvalue weighted by Crippen LogP contribution is 2.36. The van der Waals surface area contributed by atoms with E-state index in [1.165, 1.54) is 0 Å². The number of benzene rings is 1. The summed E-state index contributed by atoms with van der Waals surface area (Å²) in [5.41, 5.74) is 6.06. The fourth-order valence-electron chi connectivity index (χ4n) is 1.88. The third kappa shape index (κ3) is 1.75. The Morgan fingerprint density at radius 3 is 2.69 bits per heavy atom. The van der Waals surface area contributed by atoms with E-state index in [-0.39, 0.29) is 0 Å². The highest BCUT2D eigenvalue weighted by molar-refractivity contribution is 9.10. The lowest BCUT2D eigenvalue weighted by Gasteiger charge is -2.44. The number of nitrogens with two attached hydrogens (primary N) is 1. The monoisotopic (exact) mass is 285 g/mol. The van der Waals surface area contributed by atoms with E-state index in [0.717, 1.165) is 10.0 Å². The number of carboxylic acids is 1. The van der Waals surface area contributed by atoms with Gasteiger partial charge in [0.05, 0.1) is 18.6 Å². The van der Waals surface area contributed by atoms with Crippen LogP contribution in [-0.2, 0) is 14.9 Å². The molecule has 1 aliphatic rings. The Morgan fingerprint density at radius 1 is 1.56 bits per heavy atom. The summed E-state index contributed by atoms with van der Waals surface area (Å²) in [5, 5.41) is 9.02. The Balaban J connectivity index is 2.38. The van der Waals surface area contributed by atoms with E-state index in [1.807, 2.05) is 24.3 Å². The number of ether oxygens (including phenoxy) is 1. The fraction of sp³-hybridized carbons (Fsp3) is 0.364. The normalized spacial score (nSPS) is 19.9. The second-order valence-corrected chi connectivity index (χ2v) is 4.89. The lowest BCUT2D eigenvalue weighted by atomic mass is 9.73. The molecule has 1 unspecified atom stereocenters. The topological polar surface area (TPSA) is 72.6 Å². The number of hydrogen-bond acceptors (Lipinski definition) is 3. The lowest BCUT2D eigenvalue weighted by molar-refractivity contribution is -0.148.